The van der Waals surface area contributed by atoms with E-state index in [0.717, 1.165) is 18.6 Å². The number of carbonyl (C=O) groups excluding carboxylic acids is 2. The molecule has 0 aliphatic carbocycles. The van der Waals surface area contributed by atoms with E-state index in [1.54, 1.807) is 11.8 Å². The number of carbonyl (C=O) groups is 2. The van der Waals surface area contributed by atoms with Gasteiger partial charge in [0.2, 0.25) is 5.91 Å². The highest BCUT2D eigenvalue weighted by Crippen LogP contribution is 2.27. The van der Waals surface area contributed by atoms with Gasteiger partial charge in [-0.1, -0.05) is 13.3 Å². The zero-order valence-electron chi connectivity index (χ0n) is 10.1. The topological polar surface area (TPSA) is 70.2 Å². The lowest BCUT2D eigenvalue weighted by atomic mass is 10.1. The number of hydrogen-bond acceptors (Lipinski definition) is 3. The van der Waals surface area contributed by atoms with E-state index in [4.69, 9.17) is 0 Å². The Bertz CT molecular complexity index is 307. The highest BCUT2D eigenvalue weighted by Gasteiger charge is 2.43. The number of nitrogens with one attached hydrogen (secondary N) is 3. The Labute approximate surface area is 123 Å². The maximum absolute atomic E-state index is 11.6. The molecule has 3 amide bonds. The van der Waals surface area contributed by atoms with Gasteiger partial charge in [-0.25, -0.2) is 4.79 Å². The lowest BCUT2D eigenvalue weighted by molar-refractivity contribution is -0.121. The summed E-state index contributed by atoms with van der Waals surface area (Å²) in [6.45, 7) is 2.06. The Kier molecular flexibility index (Phi) is 7.82. The average Bonchev–Trinajstić information content (AvgIpc) is 2.76. The molecule has 0 bridgehead atoms. The molecule has 0 aromatic carbocycles. The Morgan fingerprint density at radius 3 is 2.83 bits per heavy atom. The van der Waals surface area contributed by atoms with E-state index in [-0.39, 0.29) is 54.2 Å². The first kappa shape index (κ1) is 17.7. The molecule has 2 fully saturated rings. The van der Waals surface area contributed by atoms with E-state index in [9.17, 15) is 9.59 Å². The lowest BCUT2D eigenvalue weighted by Gasteiger charge is -2.18. The summed E-state index contributed by atoms with van der Waals surface area (Å²) in [5.41, 5.74) is 0. The van der Waals surface area contributed by atoms with Crippen molar-refractivity contribution in [3.63, 3.8) is 0 Å². The largest absolute Gasteiger partial charge is 0.342 e. The predicted molar refractivity (Wildman–Crippen MR) is 77.7 cm³/mol. The van der Waals surface area contributed by atoms with Crippen molar-refractivity contribution < 1.29 is 9.59 Å². The summed E-state index contributed by atoms with van der Waals surface area (Å²) in [4.78, 5) is 22.7. The first-order chi connectivity index (χ1) is 7.70. The highest BCUT2D eigenvalue weighted by molar-refractivity contribution is 8.00. The maximum Gasteiger partial charge on any atom is 0.315 e. The molecule has 2 rings (SSSR count). The van der Waals surface area contributed by atoms with Gasteiger partial charge in [-0.3, -0.25) is 4.79 Å². The van der Waals surface area contributed by atoms with Crippen molar-refractivity contribution in [3.05, 3.63) is 0 Å². The van der Waals surface area contributed by atoms with Crippen LogP contribution in [0.2, 0.25) is 0 Å². The summed E-state index contributed by atoms with van der Waals surface area (Å²) in [7, 11) is 0. The molecule has 2 aliphatic rings. The van der Waals surface area contributed by atoms with Crippen LogP contribution in [0.15, 0.2) is 0 Å². The molecule has 0 unspecified atom stereocenters. The van der Waals surface area contributed by atoms with E-state index < -0.39 is 0 Å². The molecule has 2 aliphatic heterocycles. The van der Waals surface area contributed by atoms with E-state index in [0.29, 0.717) is 6.42 Å². The van der Waals surface area contributed by atoms with Crippen LogP contribution in [0.1, 0.15) is 26.2 Å². The van der Waals surface area contributed by atoms with Crippen LogP contribution in [-0.2, 0) is 4.79 Å². The van der Waals surface area contributed by atoms with Crippen LogP contribution in [0.25, 0.3) is 0 Å². The van der Waals surface area contributed by atoms with Crippen molar-refractivity contribution in [1.29, 1.82) is 0 Å². The Morgan fingerprint density at radius 1 is 1.44 bits per heavy atom. The monoisotopic (exact) mass is 315 g/mol. The fraction of sp³-hybridized carbons (Fsp3) is 0.800. The lowest BCUT2D eigenvalue weighted by Crippen LogP contribution is -2.46. The first-order valence-corrected chi connectivity index (χ1v) is 6.73. The minimum absolute atomic E-state index is 0. The number of rotatable bonds is 4. The average molecular weight is 316 g/mol. The van der Waals surface area contributed by atoms with Crippen molar-refractivity contribution in [2.24, 2.45) is 0 Å². The summed E-state index contributed by atoms with van der Waals surface area (Å²) < 4.78 is 0. The van der Waals surface area contributed by atoms with Gasteiger partial charge in [0.25, 0.3) is 0 Å². The fourth-order valence-corrected chi connectivity index (χ4v) is 3.38. The minimum atomic E-state index is -0.122. The zero-order valence-corrected chi connectivity index (χ0v) is 12.6. The SMILES string of the molecule is CCCCC(=O)N[C@H]1SC[C@@H]2NC(=O)N[C@@H]21.Cl.Cl. The molecule has 8 heteroatoms. The zero-order chi connectivity index (χ0) is 11.5. The van der Waals surface area contributed by atoms with E-state index in [2.05, 4.69) is 22.9 Å². The van der Waals surface area contributed by atoms with Crippen molar-refractivity contribution in [2.75, 3.05) is 5.75 Å². The number of thioether (sulfide) groups is 1. The summed E-state index contributed by atoms with van der Waals surface area (Å²) in [6, 6.07) is 0.0835. The van der Waals surface area contributed by atoms with Gasteiger partial charge >= 0.3 is 6.03 Å². The van der Waals surface area contributed by atoms with Gasteiger partial charge in [0.1, 0.15) is 0 Å². The molecular formula is C10H19Cl2N3O2S. The Morgan fingerprint density at radius 2 is 2.17 bits per heavy atom. The van der Waals surface area contributed by atoms with E-state index in [1.807, 2.05) is 0 Å². The number of halogens is 2. The van der Waals surface area contributed by atoms with Crippen molar-refractivity contribution in [3.8, 4) is 0 Å². The summed E-state index contributed by atoms with van der Waals surface area (Å²) in [6.07, 6.45) is 2.52. The third kappa shape index (κ3) is 4.10. The quantitative estimate of drug-likeness (QED) is 0.684. The Hall–Kier alpha value is -0.330. The molecule has 3 N–H and O–H groups in total. The molecule has 0 aromatic rings. The Balaban J connectivity index is 0.00000144. The number of fused-ring (bicyclic) bond motifs is 1. The van der Waals surface area contributed by atoms with Gasteiger partial charge in [0.05, 0.1) is 17.5 Å². The fourth-order valence-electron chi connectivity index (χ4n) is 1.99. The van der Waals surface area contributed by atoms with Crippen LogP contribution in [0.5, 0.6) is 0 Å². The maximum atomic E-state index is 11.6. The van der Waals surface area contributed by atoms with Crippen molar-refractivity contribution in [2.45, 2.75) is 43.6 Å². The second kappa shape index (κ2) is 7.96. The molecule has 2 saturated heterocycles. The third-order valence-electron chi connectivity index (χ3n) is 2.89. The molecule has 5 nitrogen and oxygen atoms in total. The second-order valence-corrected chi connectivity index (χ2v) is 5.35. The number of hydrogen-bond donors (Lipinski definition) is 3. The van der Waals surface area contributed by atoms with Crippen LogP contribution < -0.4 is 16.0 Å². The molecule has 0 saturated carbocycles. The second-order valence-electron chi connectivity index (χ2n) is 4.18. The van der Waals surface area contributed by atoms with Crippen molar-refractivity contribution in [1.82, 2.24) is 16.0 Å². The van der Waals surface area contributed by atoms with E-state index >= 15 is 0 Å². The van der Waals surface area contributed by atoms with Crippen LogP contribution in [0, 0.1) is 0 Å². The van der Waals surface area contributed by atoms with Crippen LogP contribution in [-0.4, -0.2) is 35.1 Å². The number of unbranched alkanes of at least 4 members (excludes halogenated alkanes) is 1. The van der Waals surface area contributed by atoms with E-state index in [1.165, 1.54) is 0 Å². The summed E-state index contributed by atoms with van der Waals surface area (Å²) >= 11 is 1.69. The molecule has 2 heterocycles. The summed E-state index contributed by atoms with van der Waals surface area (Å²) in [5.74, 6) is 0.948. The molecule has 3 atom stereocenters. The van der Waals surface area contributed by atoms with Crippen LogP contribution in [0.3, 0.4) is 0 Å². The standard InChI is InChI=1S/C10H17N3O2S.2ClH/c1-2-3-4-7(14)12-9-8-6(5-16-9)11-10(15)13-8;;/h6,8-9H,2-5H2,1H3,(H,12,14)(H2,11,13,15);2*1H/t6-,8-,9-;;/m0../s1. The third-order valence-corrected chi connectivity index (χ3v) is 4.21. The summed E-state index contributed by atoms with van der Waals surface area (Å²) in [5, 5.41) is 8.68. The first-order valence-electron chi connectivity index (χ1n) is 5.68. The van der Waals surface area contributed by atoms with Gasteiger partial charge in [0.15, 0.2) is 0 Å². The van der Waals surface area contributed by atoms with Gasteiger partial charge in [-0.2, -0.15) is 0 Å². The molecule has 106 valence electrons. The van der Waals surface area contributed by atoms with Crippen LogP contribution >= 0.6 is 36.6 Å². The molecule has 0 spiro atoms. The van der Waals surface area contributed by atoms with Gasteiger partial charge in [0, 0.05) is 12.2 Å². The van der Waals surface area contributed by atoms with Crippen molar-refractivity contribution >= 4 is 48.5 Å². The normalized spacial score (nSPS) is 28.3. The molecule has 0 aromatic heterocycles. The van der Waals surface area contributed by atoms with Gasteiger partial charge in [-0.15, -0.1) is 36.6 Å². The van der Waals surface area contributed by atoms with Gasteiger partial charge < -0.3 is 16.0 Å². The molecule has 0 radical (unpaired) electrons. The number of amides is 3. The predicted octanol–water partition coefficient (Wildman–Crippen LogP) is 1.26. The molecule has 18 heavy (non-hydrogen) atoms. The number of urea groups is 1. The minimum Gasteiger partial charge on any atom is -0.342 e. The smallest absolute Gasteiger partial charge is 0.315 e. The highest BCUT2D eigenvalue weighted by atomic mass is 35.5. The molecular weight excluding hydrogens is 297 g/mol. The van der Waals surface area contributed by atoms with Crippen LogP contribution in [0.4, 0.5) is 4.79 Å². The van der Waals surface area contributed by atoms with Gasteiger partial charge in [-0.05, 0) is 6.42 Å².